The highest BCUT2D eigenvalue weighted by Gasteiger charge is 2.20. The maximum Gasteiger partial charge on any atom is 0.387 e. The number of alkyl halides is 2. The van der Waals surface area contributed by atoms with Crippen LogP contribution in [0.25, 0.3) is 5.52 Å². The number of hydrogen-bond acceptors (Lipinski definition) is 4. The van der Waals surface area contributed by atoms with Gasteiger partial charge < -0.3 is 4.74 Å². The van der Waals surface area contributed by atoms with Crippen LogP contribution < -0.4 is 4.74 Å². The summed E-state index contributed by atoms with van der Waals surface area (Å²) in [4.78, 5) is -0.479. The summed E-state index contributed by atoms with van der Waals surface area (Å²) in [6.07, 6.45) is 0.850. The molecule has 0 aliphatic carbocycles. The van der Waals surface area contributed by atoms with Gasteiger partial charge in [0.2, 0.25) is 0 Å². The van der Waals surface area contributed by atoms with E-state index in [2.05, 4.69) is 9.84 Å². The standard InChI is InChI=1S/C8H5ClF2N2O4S/c9-7-5(17-8(10)11)2-1-4-6(18(14,15)16)3-12-13(4)7/h1-3,8H,(H,14,15,16). The molecule has 0 bridgehead atoms. The molecule has 18 heavy (non-hydrogen) atoms. The molecule has 0 saturated carbocycles. The third kappa shape index (κ3) is 2.24. The van der Waals surface area contributed by atoms with Gasteiger partial charge in [0.15, 0.2) is 10.9 Å². The molecule has 0 aliphatic rings. The van der Waals surface area contributed by atoms with Crippen molar-refractivity contribution in [2.24, 2.45) is 0 Å². The Morgan fingerprint density at radius 1 is 1.44 bits per heavy atom. The molecule has 0 spiro atoms. The van der Waals surface area contributed by atoms with Crippen LogP contribution in [0.3, 0.4) is 0 Å². The number of nitrogens with zero attached hydrogens (tertiary/aromatic N) is 2. The minimum atomic E-state index is -4.47. The van der Waals surface area contributed by atoms with Crippen molar-refractivity contribution in [1.29, 1.82) is 0 Å². The van der Waals surface area contributed by atoms with Crippen LogP contribution in [0.1, 0.15) is 0 Å². The average molecular weight is 299 g/mol. The van der Waals surface area contributed by atoms with Gasteiger partial charge in [-0.3, -0.25) is 4.55 Å². The van der Waals surface area contributed by atoms with E-state index in [-0.39, 0.29) is 16.4 Å². The van der Waals surface area contributed by atoms with Crippen LogP contribution in [-0.4, -0.2) is 29.2 Å². The van der Waals surface area contributed by atoms with Gasteiger partial charge in [0.1, 0.15) is 4.90 Å². The molecular formula is C8H5ClF2N2O4S. The first kappa shape index (κ1) is 13.0. The van der Waals surface area contributed by atoms with Crippen molar-refractivity contribution >= 4 is 27.2 Å². The molecule has 2 heterocycles. The van der Waals surface area contributed by atoms with E-state index in [0.29, 0.717) is 0 Å². The molecule has 6 nitrogen and oxygen atoms in total. The van der Waals surface area contributed by atoms with Crippen LogP contribution in [0.5, 0.6) is 5.75 Å². The normalized spacial score (nSPS) is 12.3. The summed E-state index contributed by atoms with van der Waals surface area (Å²) in [5, 5.41) is 3.24. The number of hydrogen-bond donors (Lipinski definition) is 1. The second kappa shape index (κ2) is 4.34. The number of halogens is 3. The first-order chi connectivity index (χ1) is 8.30. The van der Waals surface area contributed by atoms with Gasteiger partial charge in [0, 0.05) is 0 Å². The Bertz CT molecular complexity index is 700. The van der Waals surface area contributed by atoms with Crippen molar-refractivity contribution in [3.63, 3.8) is 0 Å². The zero-order valence-electron chi connectivity index (χ0n) is 8.42. The highest BCUT2D eigenvalue weighted by molar-refractivity contribution is 7.86. The van der Waals surface area contributed by atoms with E-state index < -0.39 is 21.6 Å². The zero-order chi connectivity index (χ0) is 13.5. The first-order valence-electron chi connectivity index (χ1n) is 4.39. The Morgan fingerprint density at radius 3 is 2.67 bits per heavy atom. The summed E-state index contributed by atoms with van der Waals surface area (Å²) in [5.41, 5.74) is -0.0517. The maximum atomic E-state index is 12.0. The second-order valence-corrected chi connectivity index (χ2v) is 4.90. The lowest BCUT2D eigenvalue weighted by Crippen LogP contribution is -2.04. The van der Waals surface area contributed by atoms with Crippen LogP contribution in [0.2, 0.25) is 5.15 Å². The van der Waals surface area contributed by atoms with E-state index in [9.17, 15) is 17.2 Å². The van der Waals surface area contributed by atoms with Crippen LogP contribution in [0.4, 0.5) is 8.78 Å². The van der Waals surface area contributed by atoms with E-state index in [1.54, 1.807) is 0 Å². The van der Waals surface area contributed by atoms with E-state index in [0.717, 1.165) is 22.8 Å². The molecule has 0 fully saturated rings. The molecule has 98 valence electrons. The van der Waals surface area contributed by atoms with Crippen molar-refractivity contribution in [1.82, 2.24) is 9.61 Å². The predicted octanol–water partition coefficient (Wildman–Crippen LogP) is 1.84. The van der Waals surface area contributed by atoms with E-state index in [1.807, 2.05) is 0 Å². The molecular weight excluding hydrogens is 294 g/mol. The highest BCUT2D eigenvalue weighted by Crippen LogP contribution is 2.29. The zero-order valence-corrected chi connectivity index (χ0v) is 9.99. The molecule has 0 aliphatic heterocycles. The van der Waals surface area contributed by atoms with Gasteiger partial charge in [-0.15, -0.1) is 0 Å². The fraction of sp³-hybridized carbons (Fsp3) is 0.125. The van der Waals surface area contributed by atoms with Gasteiger partial charge in [0.25, 0.3) is 10.1 Å². The van der Waals surface area contributed by atoms with Gasteiger partial charge in [-0.25, -0.2) is 4.52 Å². The molecule has 0 amide bonds. The minimum Gasteiger partial charge on any atom is -0.432 e. The van der Waals surface area contributed by atoms with Gasteiger partial charge >= 0.3 is 6.61 Å². The number of pyridine rings is 1. The summed E-state index contributed by atoms with van der Waals surface area (Å²) in [7, 11) is -4.47. The summed E-state index contributed by atoms with van der Waals surface area (Å²) in [5.74, 6) is -0.357. The van der Waals surface area contributed by atoms with E-state index in [1.165, 1.54) is 0 Å². The third-order valence-corrected chi connectivity index (χ3v) is 3.26. The molecule has 0 saturated heterocycles. The summed E-state index contributed by atoms with van der Waals surface area (Å²) < 4.78 is 60.0. The fourth-order valence-corrected chi connectivity index (χ4v) is 2.20. The number of aromatic nitrogens is 2. The second-order valence-electron chi connectivity index (χ2n) is 3.15. The Morgan fingerprint density at radius 2 is 2.11 bits per heavy atom. The Kier molecular flexibility index (Phi) is 3.13. The summed E-state index contributed by atoms with van der Waals surface area (Å²) in [6, 6.07) is 2.19. The molecule has 2 rings (SSSR count). The van der Waals surface area contributed by atoms with Gasteiger partial charge in [-0.1, -0.05) is 11.6 Å². The van der Waals surface area contributed by atoms with Crippen molar-refractivity contribution in [2.45, 2.75) is 11.5 Å². The molecule has 0 radical (unpaired) electrons. The predicted molar refractivity (Wildman–Crippen MR) is 56.6 cm³/mol. The molecule has 0 aromatic carbocycles. The Hall–Kier alpha value is -1.45. The first-order valence-corrected chi connectivity index (χ1v) is 6.21. The summed E-state index contributed by atoms with van der Waals surface area (Å²) in [6.45, 7) is -3.07. The molecule has 0 unspecified atom stereocenters. The van der Waals surface area contributed by atoms with Gasteiger partial charge in [0.05, 0.1) is 11.7 Å². The van der Waals surface area contributed by atoms with Gasteiger partial charge in [-0.2, -0.15) is 22.3 Å². The molecule has 10 heteroatoms. The lowest BCUT2D eigenvalue weighted by Gasteiger charge is -2.07. The molecule has 0 atom stereocenters. The average Bonchev–Trinajstić information content (AvgIpc) is 2.65. The van der Waals surface area contributed by atoms with Gasteiger partial charge in [-0.05, 0) is 12.1 Å². The highest BCUT2D eigenvalue weighted by atomic mass is 35.5. The van der Waals surface area contributed by atoms with E-state index >= 15 is 0 Å². The van der Waals surface area contributed by atoms with Crippen LogP contribution in [0.15, 0.2) is 23.2 Å². The molecule has 1 N–H and O–H groups in total. The quantitative estimate of drug-likeness (QED) is 0.690. The Labute approximate surface area is 104 Å². The largest absolute Gasteiger partial charge is 0.432 e. The minimum absolute atomic E-state index is 0.0517. The molecule has 2 aromatic heterocycles. The lowest BCUT2D eigenvalue weighted by atomic mass is 10.4. The van der Waals surface area contributed by atoms with Crippen LogP contribution in [-0.2, 0) is 10.1 Å². The maximum absolute atomic E-state index is 12.0. The van der Waals surface area contributed by atoms with Crippen LogP contribution >= 0.6 is 11.6 Å². The lowest BCUT2D eigenvalue weighted by molar-refractivity contribution is -0.0500. The number of ether oxygens (including phenoxy) is 1. The van der Waals surface area contributed by atoms with Crippen LogP contribution in [0, 0.1) is 0 Å². The summed E-state index contributed by atoms with van der Waals surface area (Å²) >= 11 is 5.71. The number of rotatable bonds is 3. The van der Waals surface area contributed by atoms with E-state index in [4.69, 9.17) is 16.2 Å². The molecule has 2 aromatic rings. The number of fused-ring (bicyclic) bond motifs is 1. The fourth-order valence-electron chi connectivity index (χ4n) is 1.36. The Balaban J connectivity index is 2.65. The van der Waals surface area contributed by atoms with Crippen molar-refractivity contribution in [3.8, 4) is 5.75 Å². The van der Waals surface area contributed by atoms with Crippen molar-refractivity contribution < 1.29 is 26.5 Å². The smallest absolute Gasteiger partial charge is 0.387 e. The topological polar surface area (TPSA) is 80.9 Å². The third-order valence-electron chi connectivity index (χ3n) is 2.05. The van der Waals surface area contributed by atoms with Crippen molar-refractivity contribution in [2.75, 3.05) is 0 Å². The SMILES string of the molecule is O=S(=O)(O)c1cnn2c(Cl)c(OC(F)F)ccc12. The monoisotopic (exact) mass is 298 g/mol. The van der Waals surface area contributed by atoms with Crippen molar-refractivity contribution in [3.05, 3.63) is 23.5 Å².